The highest BCUT2D eigenvalue weighted by Gasteiger charge is 2.23. The van der Waals surface area contributed by atoms with E-state index in [0.29, 0.717) is 5.28 Å². The summed E-state index contributed by atoms with van der Waals surface area (Å²) in [7, 11) is 1.69. The van der Waals surface area contributed by atoms with Crippen LogP contribution in [-0.4, -0.2) is 21.9 Å². The summed E-state index contributed by atoms with van der Waals surface area (Å²) in [5, 5.41) is 8.61. The lowest BCUT2D eigenvalue weighted by Gasteiger charge is -2.19. The second-order valence-electron chi connectivity index (χ2n) is 5.76. The number of hydrogen-bond acceptors (Lipinski definition) is 3. The number of methoxy groups -OCH3 is 1. The average molecular weight is 294 g/mol. The van der Waals surface area contributed by atoms with Gasteiger partial charge in [-0.3, -0.25) is 0 Å². The van der Waals surface area contributed by atoms with Crippen molar-refractivity contribution in [3.63, 3.8) is 0 Å². The summed E-state index contributed by atoms with van der Waals surface area (Å²) >= 11 is 6.15. The van der Waals surface area contributed by atoms with E-state index in [9.17, 15) is 0 Å². The van der Waals surface area contributed by atoms with Crippen molar-refractivity contribution in [3.8, 4) is 5.75 Å². The number of hydrogen-bond donors (Lipinski definition) is 0. The third-order valence-electron chi connectivity index (χ3n) is 3.17. The van der Waals surface area contributed by atoms with E-state index < -0.39 is 0 Å². The van der Waals surface area contributed by atoms with Crippen LogP contribution in [0.25, 0.3) is 0 Å². The third kappa shape index (κ3) is 3.12. The Morgan fingerprint density at radius 3 is 2.55 bits per heavy atom. The summed E-state index contributed by atoms with van der Waals surface area (Å²) in [5.74, 6) is 1.80. The zero-order chi connectivity index (χ0) is 14.8. The molecule has 1 aromatic heterocycles. The van der Waals surface area contributed by atoms with Crippen LogP contribution in [0.2, 0.25) is 5.28 Å². The highest BCUT2D eigenvalue weighted by atomic mass is 35.5. The number of ether oxygens (including phenoxy) is 1. The Kier molecular flexibility index (Phi) is 4.33. The van der Waals surface area contributed by atoms with Crippen molar-refractivity contribution < 1.29 is 4.74 Å². The monoisotopic (exact) mass is 293 g/mol. The molecule has 0 aliphatic carbocycles. The molecule has 0 radical (unpaired) electrons. The molecular weight excluding hydrogens is 274 g/mol. The lowest BCUT2D eigenvalue weighted by Crippen LogP contribution is -2.20. The van der Waals surface area contributed by atoms with Crippen LogP contribution in [0.5, 0.6) is 5.75 Å². The molecule has 5 heteroatoms. The van der Waals surface area contributed by atoms with Crippen molar-refractivity contribution >= 4 is 11.6 Å². The van der Waals surface area contributed by atoms with Gasteiger partial charge in [0.15, 0.2) is 0 Å². The normalized spacial score (nSPS) is 11.7. The lowest BCUT2D eigenvalue weighted by molar-refractivity contribution is 0.407. The molecule has 0 fully saturated rings. The van der Waals surface area contributed by atoms with Crippen LogP contribution in [0.15, 0.2) is 24.3 Å². The fourth-order valence-corrected chi connectivity index (χ4v) is 2.38. The van der Waals surface area contributed by atoms with E-state index in [0.717, 1.165) is 30.1 Å². The molecule has 0 atom stereocenters. The minimum atomic E-state index is -0.0824. The van der Waals surface area contributed by atoms with Gasteiger partial charge in [-0.2, -0.15) is 0 Å². The number of rotatable bonds is 4. The molecule has 0 unspecified atom stereocenters. The maximum absolute atomic E-state index is 6.15. The Labute approximate surface area is 124 Å². The first-order chi connectivity index (χ1) is 9.43. The number of aromatic nitrogens is 3. The summed E-state index contributed by atoms with van der Waals surface area (Å²) in [5.41, 5.74) is 1.07. The Bertz CT molecular complexity index is 587. The molecule has 0 saturated heterocycles. The summed E-state index contributed by atoms with van der Waals surface area (Å²) < 4.78 is 7.34. The molecule has 0 spiro atoms. The van der Waals surface area contributed by atoms with E-state index in [2.05, 4.69) is 37.0 Å². The first-order valence-corrected chi connectivity index (χ1v) is 7.02. The molecule has 20 heavy (non-hydrogen) atoms. The summed E-state index contributed by atoms with van der Waals surface area (Å²) in [4.78, 5) is 0. The van der Waals surface area contributed by atoms with Crippen LogP contribution in [-0.2, 0) is 18.4 Å². The van der Waals surface area contributed by atoms with Crippen LogP contribution < -0.4 is 4.74 Å². The Morgan fingerprint density at radius 2 is 1.90 bits per heavy atom. The van der Waals surface area contributed by atoms with Gasteiger partial charge in [0.2, 0.25) is 5.28 Å². The van der Waals surface area contributed by atoms with Gasteiger partial charge in [0.25, 0.3) is 0 Å². The Balaban J connectivity index is 2.21. The van der Waals surface area contributed by atoms with Crippen LogP contribution in [0.4, 0.5) is 0 Å². The van der Waals surface area contributed by atoms with Gasteiger partial charge in [0.1, 0.15) is 11.6 Å². The van der Waals surface area contributed by atoms with Crippen molar-refractivity contribution in [2.45, 2.75) is 39.2 Å². The van der Waals surface area contributed by atoms with Crippen LogP contribution >= 0.6 is 11.6 Å². The number of para-hydroxylation sites is 1. The zero-order valence-corrected chi connectivity index (χ0v) is 13.1. The largest absolute Gasteiger partial charge is 0.496 e. The molecular formula is C15H20ClN3O. The predicted octanol–water partition coefficient (Wildman–Crippen LogP) is 3.48. The van der Waals surface area contributed by atoms with Crippen molar-refractivity contribution in [2.75, 3.05) is 7.11 Å². The summed E-state index contributed by atoms with van der Waals surface area (Å²) in [6, 6.07) is 8.01. The molecule has 2 rings (SSSR count). The zero-order valence-electron chi connectivity index (χ0n) is 12.4. The molecule has 2 aromatic rings. The predicted molar refractivity (Wildman–Crippen MR) is 80.4 cm³/mol. The van der Waals surface area contributed by atoms with E-state index >= 15 is 0 Å². The van der Waals surface area contributed by atoms with E-state index in [1.165, 1.54) is 0 Å². The van der Waals surface area contributed by atoms with Gasteiger partial charge >= 0.3 is 0 Å². The molecule has 108 valence electrons. The van der Waals surface area contributed by atoms with Gasteiger partial charge in [-0.25, -0.2) is 0 Å². The number of aryl methyl sites for hydroxylation is 1. The fourth-order valence-electron chi connectivity index (χ4n) is 2.18. The second-order valence-corrected chi connectivity index (χ2v) is 6.09. The highest BCUT2D eigenvalue weighted by Crippen LogP contribution is 2.24. The minimum Gasteiger partial charge on any atom is -0.496 e. The quantitative estimate of drug-likeness (QED) is 0.866. The molecule has 1 heterocycles. The minimum absolute atomic E-state index is 0.0824. The standard InChI is InChI=1S/C15H20ClN3O/c1-15(2,3)13-17-18-14(16)19(13)10-9-11-7-5-6-8-12(11)20-4/h5-8H,9-10H2,1-4H3. The molecule has 0 amide bonds. The van der Waals surface area contributed by atoms with Crippen LogP contribution in [0, 0.1) is 0 Å². The van der Waals surface area contributed by atoms with Gasteiger partial charge in [-0.15, -0.1) is 10.2 Å². The number of nitrogens with zero attached hydrogens (tertiary/aromatic N) is 3. The number of halogens is 1. The van der Waals surface area contributed by atoms with E-state index in [4.69, 9.17) is 16.3 Å². The molecule has 0 aliphatic heterocycles. The summed E-state index contributed by atoms with van der Waals surface area (Å²) in [6.45, 7) is 7.05. The van der Waals surface area contributed by atoms with Crippen molar-refractivity contribution in [1.82, 2.24) is 14.8 Å². The number of benzene rings is 1. The van der Waals surface area contributed by atoms with Crippen molar-refractivity contribution in [1.29, 1.82) is 0 Å². The third-order valence-corrected chi connectivity index (χ3v) is 3.45. The van der Waals surface area contributed by atoms with Crippen molar-refractivity contribution in [3.05, 3.63) is 40.9 Å². The van der Waals surface area contributed by atoms with E-state index in [-0.39, 0.29) is 5.41 Å². The Hall–Kier alpha value is -1.55. The lowest BCUT2D eigenvalue weighted by atomic mass is 9.95. The maximum Gasteiger partial charge on any atom is 0.225 e. The van der Waals surface area contributed by atoms with E-state index in [1.54, 1.807) is 7.11 Å². The second kappa shape index (κ2) is 5.83. The summed E-state index contributed by atoms with van der Waals surface area (Å²) in [6.07, 6.45) is 0.824. The average Bonchev–Trinajstić information content (AvgIpc) is 2.78. The van der Waals surface area contributed by atoms with Gasteiger partial charge in [0.05, 0.1) is 7.11 Å². The van der Waals surface area contributed by atoms with Crippen molar-refractivity contribution in [2.24, 2.45) is 0 Å². The molecule has 1 aromatic carbocycles. The topological polar surface area (TPSA) is 39.9 Å². The maximum atomic E-state index is 6.15. The van der Waals surface area contributed by atoms with Gasteiger partial charge in [0, 0.05) is 12.0 Å². The smallest absolute Gasteiger partial charge is 0.225 e. The molecule has 0 bridgehead atoms. The first-order valence-electron chi connectivity index (χ1n) is 6.64. The molecule has 0 saturated carbocycles. The Morgan fingerprint density at radius 1 is 1.20 bits per heavy atom. The molecule has 4 nitrogen and oxygen atoms in total. The van der Waals surface area contributed by atoms with Gasteiger partial charge in [-0.05, 0) is 29.7 Å². The van der Waals surface area contributed by atoms with Gasteiger partial charge in [-0.1, -0.05) is 39.0 Å². The SMILES string of the molecule is COc1ccccc1CCn1c(Cl)nnc1C(C)(C)C. The molecule has 0 aliphatic rings. The molecule has 0 N–H and O–H groups in total. The van der Waals surface area contributed by atoms with E-state index in [1.807, 2.05) is 22.8 Å². The first kappa shape index (κ1) is 14.9. The fraction of sp³-hybridized carbons (Fsp3) is 0.467. The van der Waals surface area contributed by atoms with Crippen LogP contribution in [0.3, 0.4) is 0 Å². The highest BCUT2D eigenvalue weighted by molar-refractivity contribution is 6.28. The van der Waals surface area contributed by atoms with Gasteiger partial charge < -0.3 is 9.30 Å². The van der Waals surface area contributed by atoms with Crippen LogP contribution in [0.1, 0.15) is 32.2 Å².